The van der Waals surface area contributed by atoms with Crippen LogP contribution in [0, 0.1) is 17.3 Å². The summed E-state index contributed by atoms with van der Waals surface area (Å²) in [7, 11) is 0. The van der Waals surface area contributed by atoms with E-state index in [9.17, 15) is 4.39 Å². The van der Waals surface area contributed by atoms with E-state index in [1.54, 1.807) is 6.08 Å². The molecule has 0 heterocycles. The molecule has 0 N–H and O–H groups in total. The molecule has 0 radical (unpaired) electrons. The standard InChI is InChI=1S/C23H33F/c1-7-10-19-12-11-18-13-14-20(24)15-17(8-2)21(18)22(19)23(6,9-3)16(4)5/h10-13,15-16,22H,7-9,14H2,1-6H3/b19-10-. The molecule has 132 valence electrons. The number of halogens is 1. The molecule has 0 aromatic heterocycles. The summed E-state index contributed by atoms with van der Waals surface area (Å²) in [6, 6.07) is 0. The van der Waals surface area contributed by atoms with Crippen LogP contribution in [-0.2, 0) is 0 Å². The van der Waals surface area contributed by atoms with Crippen LogP contribution in [0.15, 0.2) is 58.5 Å². The van der Waals surface area contributed by atoms with Gasteiger partial charge in [0.2, 0.25) is 0 Å². The van der Waals surface area contributed by atoms with Gasteiger partial charge >= 0.3 is 0 Å². The van der Waals surface area contributed by atoms with Crippen molar-refractivity contribution in [3.05, 3.63) is 58.5 Å². The van der Waals surface area contributed by atoms with Crippen molar-refractivity contribution in [3.63, 3.8) is 0 Å². The molecular formula is C23H33F. The second kappa shape index (κ2) is 7.68. The van der Waals surface area contributed by atoms with Crippen LogP contribution < -0.4 is 0 Å². The zero-order valence-corrected chi connectivity index (χ0v) is 16.2. The highest BCUT2D eigenvalue weighted by molar-refractivity contribution is 5.58. The molecule has 2 aliphatic rings. The highest BCUT2D eigenvalue weighted by Crippen LogP contribution is 2.52. The van der Waals surface area contributed by atoms with Crippen molar-refractivity contribution in [2.24, 2.45) is 17.3 Å². The Labute approximate surface area is 147 Å². The first-order valence-corrected chi connectivity index (χ1v) is 9.56. The fraction of sp³-hybridized carbons (Fsp3) is 0.565. The highest BCUT2D eigenvalue weighted by atomic mass is 19.1. The molecule has 0 fully saturated rings. The molecule has 2 aliphatic carbocycles. The van der Waals surface area contributed by atoms with Gasteiger partial charge in [0.15, 0.2) is 0 Å². The minimum absolute atomic E-state index is 0.0165. The highest BCUT2D eigenvalue weighted by Gasteiger charge is 2.42. The zero-order valence-electron chi connectivity index (χ0n) is 16.2. The molecular weight excluding hydrogens is 295 g/mol. The van der Waals surface area contributed by atoms with Crippen molar-refractivity contribution in [1.29, 1.82) is 0 Å². The van der Waals surface area contributed by atoms with Gasteiger partial charge in [0.1, 0.15) is 5.83 Å². The number of allylic oxidation sites excluding steroid dienone is 10. The van der Waals surface area contributed by atoms with Crippen LogP contribution in [-0.4, -0.2) is 0 Å². The number of rotatable bonds is 5. The third-order valence-electron chi connectivity index (χ3n) is 6.14. The average Bonchev–Trinajstić information content (AvgIpc) is 2.73. The van der Waals surface area contributed by atoms with Gasteiger partial charge in [-0.25, -0.2) is 4.39 Å². The van der Waals surface area contributed by atoms with Crippen LogP contribution in [0.1, 0.15) is 67.2 Å². The van der Waals surface area contributed by atoms with Crippen molar-refractivity contribution in [2.75, 3.05) is 0 Å². The fourth-order valence-electron chi connectivity index (χ4n) is 4.16. The van der Waals surface area contributed by atoms with Gasteiger partial charge in [-0.1, -0.05) is 65.8 Å². The monoisotopic (exact) mass is 328 g/mol. The first kappa shape index (κ1) is 19.0. The molecule has 2 atom stereocenters. The Hall–Kier alpha value is -1.37. The van der Waals surface area contributed by atoms with Crippen molar-refractivity contribution < 1.29 is 4.39 Å². The third kappa shape index (κ3) is 3.36. The Morgan fingerprint density at radius 2 is 1.96 bits per heavy atom. The van der Waals surface area contributed by atoms with Gasteiger partial charge in [0.25, 0.3) is 0 Å². The van der Waals surface area contributed by atoms with E-state index < -0.39 is 0 Å². The van der Waals surface area contributed by atoms with Gasteiger partial charge in [-0.3, -0.25) is 0 Å². The SMILES string of the molecule is CC/C=C1/C=CC2=CCC(F)=CC(CC)=C2C1C(C)(CC)C(C)C. The summed E-state index contributed by atoms with van der Waals surface area (Å²) >= 11 is 0. The quantitative estimate of drug-likeness (QED) is 0.491. The topological polar surface area (TPSA) is 0 Å². The van der Waals surface area contributed by atoms with Crippen molar-refractivity contribution in [3.8, 4) is 0 Å². The van der Waals surface area contributed by atoms with E-state index in [2.05, 4.69) is 65.8 Å². The largest absolute Gasteiger partial charge is 0.211 e. The summed E-state index contributed by atoms with van der Waals surface area (Å²) in [5.41, 5.74) is 5.34. The summed E-state index contributed by atoms with van der Waals surface area (Å²) in [4.78, 5) is 0. The van der Waals surface area contributed by atoms with E-state index in [1.165, 1.54) is 22.3 Å². The zero-order chi connectivity index (χ0) is 17.9. The Kier molecular flexibility index (Phi) is 6.06. The molecule has 1 heteroatoms. The van der Waals surface area contributed by atoms with E-state index in [4.69, 9.17) is 0 Å². The van der Waals surface area contributed by atoms with Crippen LogP contribution in [0.3, 0.4) is 0 Å². The predicted octanol–water partition coefficient (Wildman–Crippen LogP) is 7.47. The van der Waals surface area contributed by atoms with Crippen LogP contribution in [0.25, 0.3) is 0 Å². The Morgan fingerprint density at radius 1 is 1.25 bits per heavy atom. The van der Waals surface area contributed by atoms with Gasteiger partial charge in [0, 0.05) is 12.3 Å². The molecule has 2 rings (SSSR count). The van der Waals surface area contributed by atoms with Gasteiger partial charge in [0.05, 0.1) is 0 Å². The smallest absolute Gasteiger partial charge is 0.104 e. The minimum Gasteiger partial charge on any atom is -0.211 e. The molecule has 0 saturated heterocycles. The lowest BCUT2D eigenvalue weighted by Gasteiger charge is -2.45. The first-order chi connectivity index (χ1) is 11.4. The predicted molar refractivity (Wildman–Crippen MR) is 103 cm³/mol. The maximum atomic E-state index is 14.2. The summed E-state index contributed by atoms with van der Waals surface area (Å²) in [6.07, 6.45) is 14.1. The molecule has 0 spiro atoms. The van der Waals surface area contributed by atoms with Gasteiger partial charge < -0.3 is 0 Å². The normalized spacial score (nSPS) is 25.3. The van der Waals surface area contributed by atoms with Crippen molar-refractivity contribution in [2.45, 2.75) is 67.2 Å². The summed E-state index contributed by atoms with van der Waals surface area (Å²) in [5, 5.41) is 0. The van der Waals surface area contributed by atoms with Crippen LogP contribution in [0.2, 0.25) is 0 Å². The molecule has 0 bridgehead atoms. The number of fused-ring (bicyclic) bond motifs is 1. The van der Waals surface area contributed by atoms with E-state index in [-0.39, 0.29) is 11.2 Å². The van der Waals surface area contributed by atoms with Crippen LogP contribution in [0.4, 0.5) is 4.39 Å². The van der Waals surface area contributed by atoms with E-state index in [1.807, 2.05) is 0 Å². The lowest BCUT2D eigenvalue weighted by atomic mass is 9.59. The lowest BCUT2D eigenvalue weighted by molar-refractivity contribution is 0.154. The molecule has 0 aromatic rings. The van der Waals surface area contributed by atoms with Crippen molar-refractivity contribution in [1.82, 2.24) is 0 Å². The molecule has 24 heavy (non-hydrogen) atoms. The molecule has 0 aromatic carbocycles. The van der Waals surface area contributed by atoms with Crippen LogP contribution in [0.5, 0.6) is 0 Å². The second-order valence-electron chi connectivity index (χ2n) is 7.64. The van der Waals surface area contributed by atoms with Gasteiger partial charge in [-0.05, 0) is 59.0 Å². The summed E-state index contributed by atoms with van der Waals surface area (Å²) < 4.78 is 14.2. The van der Waals surface area contributed by atoms with E-state index >= 15 is 0 Å². The Morgan fingerprint density at radius 3 is 2.50 bits per heavy atom. The Bertz CT molecular complexity index is 624. The Balaban J connectivity index is 2.77. The first-order valence-electron chi connectivity index (χ1n) is 9.56. The minimum atomic E-state index is -0.0165. The third-order valence-corrected chi connectivity index (χ3v) is 6.14. The maximum Gasteiger partial charge on any atom is 0.104 e. The van der Waals surface area contributed by atoms with Crippen LogP contribution >= 0.6 is 0 Å². The molecule has 2 unspecified atom stereocenters. The summed E-state index contributed by atoms with van der Waals surface area (Å²) in [6.45, 7) is 13.7. The number of hydrogen-bond donors (Lipinski definition) is 0. The molecule has 0 nitrogen and oxygen atoms in total. The maximum absolute atomic E-state index is 14.2. The molecule has 0 aliphatic heterocycles. The van der Waals surface area contributed by atoms with Gasteiger partial charge in [-0.15, -0.1) is 0 Å². The second-order valence-corrected chi connectivity index (χ2v) is 7.64. The van der Waals surface area contributed by atoms with E-state index in [0.717, 1.165) is 19.3 Å². The fourth-order valence-corrected chi connectivity index (χ4v) is 4.16. The number of hydrogen-bond acceptors (Lipinski definition) is 0. The molecule has 0 amide bonds. The van der Waals surface area contributed by atoms with Gasteiger partial charge in [-0.2, -0.15) is 0 Å². The summed E-state index contributed by atoms with van der Waals surface area (Å²) in [5.74, 6) is 0.885. The van der Waals surface area contributed by atoms with E-state index in [0.29, 0.717) is 18.3 Å². The molecule has 0 saturated carbocycles. The average molecular weight is 329 g/mol. The lowest BCUT2D eigenvalue weighted by Crippen LogP contribution is -2.36. The van der Waals surface area contributed by atoms with Crippen molar-refractivity contribution >= 4 is 0 Å².